The molecule has 0 bridgehead atoms. The van der Waals surface area contributed by atoms with Crippen molar-refractivity contribution in [3.8, 4) is 11.8 Å². The fourth-order valence-corrected chi connectivity index (χ4v) is 1.93. The summed E-state index contributed by atoms with van der Waals surface area (Å²) in [6.07, 6.45) is 12.1. The molecule has 1 heterocycles. The Labute approximate surface area is 97.5 Å². The van der Waals surface area contributed by atoms with E-state index in [0.29, 0.717) is 0 Å². The van der Waals surface area contributed by atoms with Crippen LogP contribution in [0.2, 0.25) is 0 Å². The summed E-state index contributed by atoms with van der Waals surface area (Å²) in [5.41, 5.74) is 1.35. The maximum absolute atomic E-state index is 5.27. The third-order valence-corrected chi connectivity index (χ3v) is 2.84. The molecule has 1 aliphatic carbocycles. The molecule has 1 aromatic rings. The molecule has 1 nitrogen and oxygen atoms in total. The third kappa shape index (κ3) is 3.62. The largest absolute Gasteiger partial charge is 0.469 e. The van der Waals surface area contributed by atoms with Crippen LogP contribution in [-0.4, -0.2) is 0 Å². The quantitative estimate of drug-likeness (QED) is 0.545. The van der Waals surface area contributed by atoms with Crippen LogP contribution in [0.3, 0.4) is 0 Å². The van der Waals surface area contributed by atoms with Gasteiger partial charge in [-0.25, -0.2) is 0 Å². The third-order valence-electron chi connectivity index (χ3n) is 2.84. The van der Waals surface area contributed by atoms with Gasteiger partial charge in [-0.15, -0.1) is 0 Å². The Balaban J connectivity index is 1.67. The summed E-state index contributed by atoms with van der Waals surface area (Å²) in [5.74, 6) is 7.61. The maximum Gasteiger partial charge on any atom is 0.103 e. The van der Waals surface area contributed by atoms with Crippen LogP contribution in [0, 0.1) is 11.8 Å². The van der Waals surface area contributed by atoms with E-state index in [1.54, 1.807) is 6.26 Å². The van der Waals surface area contributed by atoms with Gasteiger partial charge in [0.1, 0.15) is 5.76 Å². The van der Waals surface area contributed by atoms with E-state index in [1.807, 2.05) is 12.1 Å². The summed E-state index contributed by atoms with van der Waals surface area (Å²) in [4.78, 5) is 0. The van der Waals surface area contributed by atoms with Crippen molar-refractivity contribution in [2.45, 2.75) is 44.9 Å². The van der Waals surface area contributed by atoms with Crippen LogP contribution in [0.25, 0.3) is 0 Å². The van der Waals surface area contributed by atoms with Crippen molar-refractivity contribution >= 4 is 0 Å². The summed E-state index contributed by atoms with van der Waals surface area (Å²) < 4.78 is 5.27. The number of hydrogen-bond acceptors (Lipinski definition) is 1. The normalized spacial score (nSPS) is 15.1. The molecule has 0 spiro atoms. The topological polar surface area (TPSA) is 13.1 Å². The Hall–Kier alpha value is -1.42. The molecule has 1 heteroatoms. The smallest absolute Gasteiger partial charge is 0.103 e. The van der Waals surface area contributed by atoms with Crippen molar-refractivity contribution in [1.29, 1.82) is 0 Å². The van der Waals surface area contributed by atoms with E-state index in [4.69, 9.17) is 4.42 Å². The number of hydrogen-bond donors (Lipinski definition) is 0. The molecule has 1 aromatic heterocycles. The van der Waals surface area contributed by atoms with Crippen LogP contribution < -0.4 is 0 Å². The monoisotopic (exact) mass is 214 g/mol. The van der Waals surface area contributed by atoms with Crippen molar-refractivity contribution < 1.29 is 4.42 Å². The van der Waals surface area contributed by atoms with Crippen LogP contribution in [0.1, 0.15) is 44.3 Å². The maximum atomic E-state index is 5.27. The molecule has 0 amide bonds. The zero-order valence-corrected chi connectivity index (χ0v) is 9.67. The van der Waals surface area contributed by atoms with Crippen molar-refractivity contribution in [3.63, 3.8) is 0 Å². The lowest BCUT2D eigenvalue weighted by Gasteiger charge is -2.05. The Morgan fingerprint density at radius 1 is 1.31 bits per heavy atom. The first kappa shape index (κ1) is 11.1. The van der Waals surface area contributed by atoms with E-state index in [-0.39, 0.29) is 0 Å². The fourth-order valence-electron chi connectivity index (χ4n) is 1.93. The van der Waals surface area contributed by atoms with Crippen LogP contribution in [0.5, 0.6) is 0 Å². The van der Waals surface area contributed by atoms with E-state index >= 15 is 0 Å². The predicted molar refractivity (Wildman–Crippen MR) is 66.0 cm³/mol. The molecule has 1 aliphatic rings. The average Bonchev–Trinajstić information content (AvgIpc) is 2.83. The van der Waals surface area contributed by atoms with Gasteiger partial charge in [0.25, 0.3) is 0 Å². The lowest BCUT2D eigenvalue weighted by molar-refractivity contribution is 0.503. The van der Waals surface area contributed by atoms with Crippen LogP contribution >= 0.6 is 0 Å². The van der Waals surface area contributed by atoms with Crippen LogP contribution in [-0.2, 0) is 6.42 Å². The Morgan fingerprint density at radius 3 is 3.06 bits per heavy atom. The van der Waals surface area contributed by atoms with Gasteiger partial charge in [-0.05, 0) is 49.8 Å². The fraction of sp³-hybridized carbons (Fsp3) is 0.467. The number of furan rings is 1. The second-order valence-electron chi connectivity index (χ2n) is 4.21. The molecule has 2 rings (SSSR count). The summed E-state index contributed by atoms with van der Waals surface area (Å²) in [6.45, 7) is 0. The molecule has 0 atom stereocenters. The first-order chi connectivity index (χ1) is 7.95. The van der Waals surface area contributed by atoms with E-state index in [0.717, 1.165) is 25.0 Å². The van der Waals surface area contributed by atoms with Gasteiger partial charge >= 0.3 is 0 Å². The molecule has 0 N–H and O–H groups in total. The minimum absolute atomic E-state index is 0.970. The SMILES string of the molecule is C(#CC1=CCCCC1)CCCc1ccco1. The minimum atomic E-state index is 0.970. The van der Waals surface area contributed by atoms with Gasteiger partial charge in [0.15, 0.2) is 0 Å². The molecule has 0 fully saturated rings. The molecule has 0 saturated carbocycles. The van der Waals surface area contributed by atoms with Crippen molar-refractivity contribution in [3.05, 3.63) is 35.8 Å². The first-order valence-electron chi connectivity index (χ1n) is 6.15. The van der Waals surface area contributed by atoms with E-state index in [9.17, 15) is 0 Å². The number of unbranched alkanes of at least 4 members (excludes halogenated alkanes) is 1. The summed E-state index contributed by atoms with van der Waals surface area (Å²) >= 11 is 0. The van der Waals surface area contributed by atoms with Crippen molar-refractivity contribution in [1.82, 2.24) is 0 Å². The Kier molecular flexibility index (Phi) is 4.31. The van der Waals surface area contributed by atoms with Gasteiger partial charge in [-0.3, -0.25) is 0 Å². The lowest BCUT2D eigenvalue weighted by Crippen LogP contribution is -1.88. The van der Waals surface area contributed by atoms with Gasteiger partial charge in [0.05, 0.1) is 6.26 Å². The number of allylic oxidation sites excluding steroid dienone is 2. The van der Waals surface area contributed by atoms with Crippen LogP contribution in [0.4, 0.5) is 0 Å². The van der Waals surface area contributed by atoms with Gasteiger partial charge in [-0.1, -0.05) is 17.9 Å². The second-order valence-corrected chi connectivity index (χ2v) is 4.21. The highest BCUT2D eigenvalue weighted by atomic mass is 16.3. The van der Waals surface area contributed by atoms with Gasteiger partial charge in [0.2, 0.25) is 0 Å². The minimum Gasteiger partial charge on any atom is -0.469 e. The zero-order chi connectivity index (χ0) is 11.1. The Bertz CT molecular complexity index is 387. The molecule has 16 heavy (non-hydrogen) atoms. The zero-order valence-electron chi connectivity index (χ0n) is 9.67. The molecular formula is C15H18O. The number of rotatable bonds is 3. The van der Waals surface area contributed by atoms with E-state index in [2.05, 4.69) is 17.9 Å². The van der Waals surface area contributed by atoms with Crippen LogP contribution in [0.15, 0.2) is 34.5 Å². The molecule has 0 aliphatic heterocycles. The number of aryl methyl sites for hydroxylation is 1. The standard InChI is InChI=1S/C15H18O/c1-3-8-14(9-4-1)10-5-2-6-11-15-12-7-13-16-15/h7-8,12-13H,1-4,6,9,11H2. The second kappa shape index (κ2) is 6.23. The first-order valence-corrected chi connectivity index (χ1v) is 6.15. The summed E-state index contributed by atoms with van der Waals surface area (Å²) in [7, 11) is 0. The molecular weight excluding hydrogens is 196 g/mol. The molecule has 84 valence electrons. The Morgan fingerprint density at radius 2 is 2.31 bits per heavy atom. The molecule has 0 radical (unpaired) electrons. The summed E-state index contributed by atoms with van der Waals surface area (Å²) in [6, 6.07) is 3.96. The molecule has 0 aromatic carbocycles. The van der Waals surface area contributed by atoms with Crippen molar-refractivity contribution in [2.75, 3.05) is 0 Å². The average molecular weight is 214 g/mol. The summed E-state index contributed by atoms with van der Waals surface area (Å²) in [5, 5.41) is 0. The highest BCUT2D eigenvalue weighted by Gasteiger charge is 1.99. The highest BCUT2D eigenvalue weighted by Crippen LogP contribution is 2.16. The highest BCUT2D eigenvalue weighted by molar-refractivity contribution is 5.29. The van der Waals surface area contributed by atoms with Crippen molar-refractivity contribution in [2.24, 2.45) is 0 Å². The predicted octanol–water partition coefficient (Wildman–Crippen LogP) is 4.11. The van der Waals surface area contributed by atoms with E-state index in [1.165, 1.54) is 31.3 Å². The lowest BCUT2D eigenvalue weighted by atomic mass is 10.00. The van der Waals surface area contributed by atoms with Gasteiger partial charge in [-0.2, -0.15) is 0 Å². The van der Waals surface area contributed by atoms with Gasteiger partial charge in [0, 0.05) is 12.8 Å². The molecule has 0 unspecified atom stereocenters. The molecule has 0 saturated heterocycles. The van der Waals surface area contributed by atoms with Gasteiger partial charge < -0.3 is 4.42 Å². The van der Waals surface area contributed by atoms with E-state index < -0.39 is 0 Å².